The highest BCUT2D eigenvalue weighted by molar-refractivity contribution is 5.94. The van der Waals surface area contributed by atoms with Gasteiger partial charge in [-0.3, -0.25) is 4.79 Å². The number of terminal acetylenes is 1. The van der Waals surface area contributed by atoms with Crippen molar-refractivity contribution in [3.05, 3.63) is 29.8 Å². The first-order valence-electron chi connectivity index (χ1n) is 6.80. The fraction of sp³-hybridized carbons (Fsp3) is 0.412. The van der Waals surface area contributed by atoms with Crippen LogP contribution in [0.1, 0.15) is 44.5 Å². The van der Waals surface area contributed by atoms with Crippen molar-refractivity contribution in [2.45, 2.75) is 39.7 Å². The van der Waals surface area contributed by atoms with E-state index in [1.54, 1.807) is 31.2 Å². The lowest BCUT2D eigenvalue weighted by atomic mass is 10.1. The Morgan fingerprint density at radius 1 is 1.29 bits per heavy atom. The molecular weight excluding hydrogens is 266 g/mol. The summed E-state index contributed by atoms with van der Waals surface area (Å²) in [5, 5.41) is 2.75. The second-order valence-electron chi connectivity index (χ2n) is 5.88. The molecule has 1 aromatic rings. The van der Waals surface area contributed by atoms with Crippen LogP contribution in [0.15, 0.2) is 24.3 Å². The Balaban J connectivity index is 2.69. The monoisotopic (exact) mass is 287 g/mol. The molecule has 0 bridgehead atoms. The first-order chi connectivity index (χ1) is 9.73. The number of benzene rings is 1. The largest absolute Gasteiger partial charge is 0.456 e. The van der Waals surface area contributed by atoms with Gasteiger partial charge in [0.1, 0.15) is 5.60 Å². The standard InChI is InChI=1S/C17H21NO3/c1-6-7-12(2)15(19)18-14-10-8-13(9-11-14)16(20)21-17(3,4)5/h1,8-12H,7H2,2-5H3,(H,18,19)/t12-/m0/s1. The maximum Gasteiger partial charge on any atom is 0.338 e. The SMILES string of the molecule is C#CC[C@H](C)C(=O)Nc1ccc(C(=O)OC(C)(C)C)cc1. The van der Waals surface area contributed by atoms with Gasteiger partial charge in [0.05, 0.1) is 5.56 Å². The predicted octanol–water partition coefficient (Wildman–Crippen LogP) is 3.24. The Labute approximate surface area is 125 Å². The van der Waals surface area contributed by atoms with Gasteiger partial charge in [0.2, 0.25) is 5.91 Å². The van der Waals surface area contributed by atoms with Crippen LogP contribution in [-0.4, -0.2) is 17.5 Å². The molecule has 0 aliphatic rings. The number of rotatable bonds is 4. The maximum atomic E-state index is 11.9. The summed E-state index contributed by atoms with van der Waals surface area (Å²) in [4.78, 5) is 23.7. The number of anilines is 1. The molecule has 0 aliphatic carbocycles. The Hall–Kier alpha value is -2.28. The molecule has 0 saturated carbocycles. The molecule has 4 nitrogen and oxygen atoms in total. The summed E-state index contributed by atoms with van der Waals surface area (Å²) >= 11 is 0. The second kappa shape index (κ2) is 6.94. The van der Waals surface area contributed by atoms with Crippen molar-refractivity contribution < 1.29 is 14.3 Å². The number of nitrogens with one attached hydrogen (secondary N) is 1. The number of carbonyl (C=O) groups is 2. The lowest BCUT2D eigenvalue weighted by Gasteiger charge is -2.19. The van der Waals surface area contributed by atoms with E-state index >= 15 is 0 Å². The third-order valence-electron chi connectivity index (χ3n) is 2.66. The van der Waals surface area contributed by atoms with Crippen molar-refractivity contribution >= 4 is 17.6 Å². The van der Waals surface area contributed by atoms with Crippen molar-refractivity contribution in [2.75, 3.05) is 5.32 Å². The summed E-state index contributed by atoms with van der Waals surface area (Å²) in [7, 11) is 0. The quantitative estimate of drug-likeness (QED) is 0.683. The van der Waals surface area contributed by atoms with E-state index in [9.17, 15) is 9.59 Å². The number of esters is 1. The molecule has 0 saturated heterocycles. The zero-order valence-corrected chi connectivity index (χ0v) is 12.9. The summed E-state index contributed by atoms with van der Waals surface area (Å²) in [6.07, 6.45) is 5.57. The van der Waals surface area contributed by atoms with Gasteiger partial charge in [0.25, 0.3) is 0 Å². The van der Waals surface area contributed by atoms with E-state index in [0.29, 0.717) is 17.7 Å². The average molecular weight is 287 g/mol. The Kier molecular flexibility index (Phi) is 5.54. The van der Waals surface area contributed by atoms with Gasteiger partial charge in [0.15, 0.2) is 0 Å². The summed E-state index contributed by atoms with van der Waals surface area (Å²) in [5.74, 6) is 1.68. The molecule has 0 aliphatic heterocycles. The number of carbonyl (C=O) groups excluding carboxylic acids is 2. The summed E-state index contributed by atoms with van der Waals surface area (Å²) < 4.78 is 5.27. The minimum atomic E-state index is -0.533. The normalized spacial score (nSPS) is 12.1. The van der Waals surface area contributed by atoms with E-state index in [4.69, 9.17) is 11.2 Å². The van der Waals surface area contributed by atoms with Gasteiger partial charge in [-0.1, -0.05) is 6.92 Å². The van der Waals surface area contributed by atoms with Crippen LogP contribution in [0.3, 0.4) is 0 Å². The van der Waals surface area contributed by atoms with Crippen molar-refractivity contribution in [1.29, 1.82) is 0 Å². The van der Waals surface area contributed by atoms with Crippen LogP contribution >= 0.6 is 0 Å². The molecule has 0 fully saturated rings. The van der Waals surface area contributed by atoms with Gasteiger partial charge in [-0.05, 0) is 45.0 Å². The molecule has 0 radical (unpaired) electrons. The lowest BCUT2D eigenvalue weighted by Crippen LogP contribution is -2.24. The van der Waals surface area contributed by atoms with Gasteiger partial charge in [-0.25, -0.2) is 4.79 Å². The van der Waals surface area contributed by atoms with E-state index in [-0.39, 0.29) is 17.8 Å². The molecule has 1 atom stereocenters. The number of ether oxygens (including phenoxy) is 1. The van der Waals surface area contributed by atoms with Gasteiger partial charge in [-0.2, -0.15) is 0 Å². The van der Waals surface area contributed by atoms with E-state index in [2.05, 4.69) is 11.2 Å². The Bertz CT molecular complexity index is 547. The van der Waals surface area contributed by atoms with Crippen LogP contribution in [-0.2, 0) is 9.53 Å². The maximum absolute atomic E-state index is 11.9. The zero-order valence-electron chi connectivity index (χ0n) is 12.9. The second-order valence-corrected chi connectivity index (χ2v) is 5.88. The molecule has 112 valence electrons. The number of hydrogen-bond donors (Lipinski definition) is 1. The topological polar surface area (TPSA) is 55.4 Å². The summed E-state index contributed by atoms with van der Waals surface area (Å²) in [6.45, 7) is 7.20. The zero-order chi connectivity index (χ0) is 16.0. The molecular formula is C17H21NO3. The minimum Gasteiger partial charge on any atom is -0.456 e. The molecule has 1 aromatic carbocycles. The van der Waals surface area contributed by atoms with Gasteiger partial charge < -0.3 is 10.1 Å². The van der Waals surface area contributed by atoms with Crippen LogP contribution in [0, 0.1) is 18.3 Å². The average Bonchev–Trinajstić information content (AvgIpc) is 2.37. The fourth-order valence-corrected chi connectivity index (χ4v) is 1.56. The third kappa shape index (κ3) is 5.70. The van der Waals surface area contributed by atoms with Crippen molar-refractivity contribution in [1.82, 2.24) is 0 Å². The van der Waals surface area contributed by atoms with Crippen LogP contribution in [0.5, 0.6) is 0 Å². The first kappa shape index (κ1) is 16.8. The molecule has 0 aromatic heterocycles. The van der Waals surface area contributed by atoms with Gasteiger partial charge >= 0.3 is 5.97 Å². The van der Waals surface area contributed by atoms with Crippen LogP contribution in [0.2, 0.25) is 0 Å². The number of amides is 1. The summed E-state index contributed by atoms with van der Waals surface area (Å²) in [6, 6.07) is 6.57. The van der Waals surface area contributed by atoms with Crippen molar-refractivity contribution in [2.24, 2.45) is 5.92 Å². The van der Waals surface area contributed by atoms with E-state index in [1.807, 2.05) is 20.8 Å². The first-order valence-corrected chi connectivity index (χ1v) is 6.80. The molecule has 0 unspecified atom stereocenters. The van der Waals surface area contributed by atoms with Crippen LogP contribution in [0.25, 0.3) is 0 Å². The molecule has 1 rings (SSSR count). The highest BCUT2D eigenvalue weighted by atomic mass is 16.6. The molecule has 0 spiro atoms. The van der Waals surface area contributed by atoms with E-state index in [1.165, 1.54) is 0 Å². The van der Waals surface area contributed by atoms with Crippen molar-refractivity contribution in [3.63, 3.8) is 0 Å². The van der Waals surface area contributed by atoms with Gasteiger partial charge in [0, 0.05) is 18.0 Å². The molecule has 1 N–H and O–H groups in total. The van der Waals surface area contributed by atoms with Crippen LogP contribution < -0.4 is 5.32 Å². The Morgan fingerprint density at radius 2 is 1.86 bits per heavy atom. The highest BCUT2D eigenvalue weighted by Crippen LogP contribution is 2.15. The van der Waals surface area contributed by atoms with Gasteiger partial charge in [-0.15, -0.1) is 12.3 Å². The smallest absolute Gasteiger partial charge is 0.338 e. The molecule has 4 heteroatoms. The fourth-order valence-electron chi connectivity index (χ4n) is 1.56. The molecule has 0 heterocycles. The highest BCUT2D eigenvalue weighted by Gasteiger charge is 2.18. The molecule has 21 heavy (non-hydrogen) atoms. The molecule has 1 amide bonds. The third-order valence-corrected chi connectivity index (χ3v) is 2.66. The lowest BCUT2D eigenvalue weighted by molar-refractivity contribution is -0.119. The minimum absolute atomic E-state index is 0.141. The predicted molar refractivity (Wildman–Crippen MR) is 82.9 cm³/mol. The number of hydrogen-bond acceptors (Lipinski definition) is 3. The summed E-state index contributed by atoms with van der Waals surface area (Å²) in [5.41, 5.74) is 0.532. The van der Waals surface area contributed by atoms with Crippen molar-refractivity contribution in [3.8, 4) is 12.3 Å². The van der Waals surface area contributed by atoms with E-state index < -0.39 is 5.60 Å². The Morgan fingerprint density at radius 3 is 2.33 bits per heavy atom. The van der Waals surface area contributed by atoms with Crippen LogP contribution in [0.4, 0.5) is 5.69 Å². The van der Waals surface area contributed by atoms with E-state index in [0.717, 1.165) is 0 Å².